The van der Waals surface area contributed by atoms with Gasteiger partial charge in [0.15, 0.2) is 5.78 Å². The molecule has 0 heterocycles. The second kappa shape index (κ2) is 5.56. The lowest BCUT2D eigenvalue weighted by Crippen LogP contribution is -2.25. The normalized spacial score (nSPS) is 10.3. The predicted molar refractivity (Wildman–Crippen MR) is 53.8 cm³/mol. The van der Waals surface area contributed by atoms with Gasteiger partial charge in [0.05, 0.1) is 12.1 Å². The van der Waals surface area contributed by atoms with E-state index in [1.54, 1.807) is 0 Å². The molecule has 0 bridgehead atoms. The van der Waals surface area contributed by atoms with Gasteiger partial charge in [-0.1, -0.05) is 13.0 Å². The van der Waals surface area contributed by atoms with Crippen LogP contribution in [-0.2, 0) is 0 Å². The number of rotatable bonds is 5. The average Bonchev–Trinajstić information content (AvgIpc) is 2.18. The van der Waals surface area contributed by atoms with Crippen LogP contribution in [0.4, 0.5) is 8.78 Å². The van der Waals surface area contributed by atoms with E-state index in [0.29, 0.717) is 6.54 Å². The van der Waals surface area contributed by atoms with Gasteiger partial charge < -0.3 is 5.32 Å². The molecule has 0 atom stereocenters. The summed E-state index contributed by atoms with van der Waals surface area (Å²) in [5, 5.41) is 2.80. The Balaban J connectivity index is 2.73. The lowest BCUT2D eigenvalue weighted by atomic mass is 10.1. The standard InChI is InChI=1S/C11H13F2NO/c1-2-6-14-7-10(15)11-8(12)4-3-5-9(11)13/h3-5,14H,2,6-7H2,1H3. The fourth-order valence-electron chi connectivity index (χ4n) is 1.23. The molecular formula is C11H13F2NO. The van der Waals surface area contributed by atoms with Gasteiger partial charge in [-0.3, -0.25) is 4.79 Å². The van der Waals surface area contributed by atoms with E-state index in [4.69, 9.17) is 0 Å². The van der Waals surface area contributed by atoms with Crippen LogP contribution >= 0.6 is 0 Å². The van der Waals surface area contributed by atoms with Crippen molar-refractivity contribution in [3.05, 3.63) is 35.4 Å². The van der Waals surface area contributed by atoms with Crippen molar-refractivity contribution in [1.29, 1.82) is 0 Å². The van der Waals surface area contributed by atoms with Crippen molar-refractivity contribution in [3.63, 3.8) is 0 Å². The highest BCUT2D eigenvalue weighted by atomic mass is 19.1. The Morgan fingerprint density at radius 1 is 1.33 bits per heavy atom. The molecule has 0 radical (unpaired) electrons. The summed E-state index contributed by atoms with van der Waals surface area (Å²) in [6, 6.07) is 3.40. The third-order valence-corrected chi connectivity index (χ3v) is 1.95. The molecule has 15 heavy (non-hydrogen) atoms. The SMILES string of the molecule is CCCNCC(=O)c1c(F)cccc1F. The van der Waals surface area contributed by atoms with Gasteiger partial charge in [-0.05, 0) is 25.1 Å². The topological polar surface area (TPSA) is 29.1 Å². The van der Waals surface area contributed by atoms with Crippen molar-refractivity contribution in [2.75, 3.05) is 13.1 Å². The summed E-state index contributed by atoms with van der Waals surface area (Å²) in [5.74, 6) is -2.17. The highest BCUT2D eigenvalue weighted by Gasteiger charge is 2.15. The van der Waals surface area contributed by atoms with Crippen molar-refractivity contribution in [2.24, 2.45) is 0 Å². The van der Waals surface area contributed by atoms with Crippen molar-refractivity contribution in [2.45, 2.75) is 13.3 Å². The summed E-state index contributed by atoms with van der Waals surface area (Å²) in [5.41, 5.74) is -0.457. The van der Waals surface area contributed by atoms with Gasteiger partial charge >= 0.3 is 0 Å². The summed E-state index contributed by atoms with van der Waals surface area (Å²) in [7, 11) is 0. The van der Waals surface area contributed by atoms with Gasteiger partial charge in [0.25, 0.3) is 0 Å². The Bertz CT molecular complexity index is 332. The summed E-state index contributed by atoms with van der Waals surface area (Å²) in [6.07, 6.45) is 0.868. The third kappa shape index (κ3) is 3.09. The number of hydrogen-bond acceptors (Lipinski definition) is 2. The number of halogens is 2. The van der Waals surface area contributed by atoms with Crippen LogP contribution in [0, 0.1) is 11.6 Å². The van der Waals surface area contributed by atoms with E-state index in [0.717, 1.165) is 18.6 Å². The minimum Gasteiger partial charge on any atom is -0.310 e. The Hall–Kier alpha value is -1.29. The van der Waals surface area contributed by atoms with E-state index in [2.05, 4.69) is 5.32 Å². The number of nitrogens with one attached hydrogen (secondary N) is 1. The summed E-state index contributed by atoms with van der Waals surface area (Å²) in [4.78, 5) is 11.4. The van der Waals surface area contributed by atoms with Gasteiger partial charge in [0.1, 0.15) is 11.6 Å². The summed E-state index contributed by atoms with van der Waals surface area (Å²) in [6.45, 7) is 2.56. The Labute approximate surface area is 87.3 Å². The number of Topliss-reactive ketones (excluding diaryl/α,β-unsaturated/α-hetero) is 1. The zero-order chi connectivity index (χ0) is 11.3. The smallest absolute Gasteiger partial charge is 0.182 e. The molecule has 4 heteroatoms. The molecule has 2 nitrogen and oxygen atoms in total. The molecule has 1 aromatic rings. The largest absolute Gasteiger partial charge is 0.310 e. The molecule has 0 saturated heterocycles. The molecular weight excluding hydrogens is 200 g/mol. The van der Waals surface area contributed by atoms with Crippen LogP contribution in [0.1, 0.15) is 23.7 Å². The first kappa shape index (κ1) is 11.8. The van der Waals surface area contributed by atoms with Crippen LogP contribution in [0.15, 0.2) is 18.2 Å². The quantitative estimate of drug-likeness (QED) is 0.599. The van der Waals surface area contributed by atoms with Crippen molar-refractivity contribution >= 4 is 5.78 Å². The van der Waals surface area contributed by atoms with Crippen LogP contribution in [0.2, 0.25) is 0 Å². The maximum Gasteiger partial charge on any atom is 0.182 e. The van der Waals surface area contributed by atoms with Crippen molar-refractivity contribution < 1.29 is 13.6 Å². The van der Waals surface area contributed by atoms with Crippen LogP contribution in [-0.4, -0.2) is 18.9 Å². The fourth-order valence-corrected chi connectivity index (χ4v) is 1.23. The molecule has 0 fully saturated rings. The molecule has 0 aliphatic carbocycles. The van der Waals surface area contributed by atoms with Crippen LogP contribution in [0.5, 0.6) is 0 Å². The number of carbonyl (C=O) groups is 1. The van der Waals surface area contributed by atoms with E-state index in [9.17, 15) is 13.6 Å². The zero-order valence-electron chi connectivity index (χ0n) is 8.52. The number of carbonyl (C=O) groups excluding carboxylic acids is 1. The van der Waals surface area contributed by atoms with Gasteiger partial charge in [-0.2, -0.15) is 0 Å². The predicted octanol–water partition coefficient (Wildman–Crippen LogP) is 2.15. The molecule has 0 aromatic heterocycles. The minimum absolute atomic E-state index is 0.0360. The van der Waals surface area contributed by atoms with Crippen molar-refractivity contribution in [1.82, 2.24) is 5.32 Å². The molecule has 0 saturated carbocycles. The molecule has 1 N–H and O–H groups in total. The second-order valence-electron chi connectivity index (χ2n) is 3.20. The van der Waals surface area contributed by atoms with Gasteiger partial charge in [-0.25, -0.2) is 8.78 Å². The highest BCUT2D eigenvalue weighted by molar-refractivity contribution is 5.98. The van der Waals surface area contributed by atoms with E-state index in [1.165, 1.54) is 6.07 Å². The van der Waals surface area contributed by atoms with Gasteiger partial charge in [0.2, 0.25) is 0 Å². The number of ketones is 1. The number of hydrogen-bond donors (Lipinski definition) is 1. The number of benzene rings is 1. The molecule has 0 aliphatic rings. The highest BCUT2D eigenvalue weighted by Crippen LogP contribution is 2.12. The monoisotopic (exact) mass is 213 g/mol. The first-order chi connectivity index (χ1) is 7.16. The molecule has 0 aliphatic heterocycles. The van der Waals surface area contributed by atoms with Gasteiger partial charge in [-0.15, -0.1) is 0 Å². The van der Waals surface area contributed by atoms with Gasteiger partial charge in [0, 0.05) is 0 Å². The van der Waals surface area contributed by atoms with Crippen LogP contribution in [0.3, 0.4) is 0 Å². The lowest BCUT2D eigenvalue weighted by molar-refractivity contribution is 0.0983. The molecule has 1 aromatic carbocycles. The van der Waals surface area contributed by atoms with Crippen LogP contribution in [0.25, 0.3) is 0 Å². The zero-order valence-corrected chi connectivity index (χ0v) is 8.52. The fraction of sp³-hybridized carbons (Fsp3) is 0.364. The molecule has 0 unspecified atom stereocenters. The summed E-state index contributed by atoms with van der Waals surface area (Å²) >= 11 is 0. The van der Waals surface area contributed by atoms with E-state index in [1.807, 2.05) is 6.92 Å². The Morgan fingerprint density at radius 2 is 1.93 bits per heavy atom. The molecule has 0 spiro atoms. The average molecular weight is 213 g/mol. The Morgan fingerprint density at radius 3 is 2.47 bits per heavy atom. The Kier molecular flexibility index (Phi) is 4.37. The van der Waals surface area contributed by atoms with Crippen molar-refractivity contribution in [3.8, 4) is 0 Å². The van der Waals surface area contributed by atoms with Crippen LogP contribution < -0.4 is 5.32 Å². The maximum atomic E-state index is 13.1. The van der Waals surface area contributed by atoms with E-state index >= 15 is 0 Å². The first-order valence-electron chi connectivity index (χ1n) is 4.84. The first-order valence-corrected chi connectivity index (χ1v) is 4.84. The maximum absolute atomic E-state index is 13.1. The lowest BCUT2D eigenvalue weighted by Gasteiger charge is -2.04. The van der Waals surface area contributed by atoms with E-state index in [-0.39, 0.29) is 6.54 Å². The van der Waals surface area contributed by atoms with E-state index < -0.39 is 23.0 Å². The minimum atomic E-state index is -0.807. The second-order valence-corrected chi connectivity index (χ2v) is 3.20. The molecule has 82 valence electrons. The molecule has 1 rings (SSSR count). The third-order valence-electron chi connectivity index (χ3n) is 1.95. The molecule has 0 amide bonds. The summed E-state index contributed by atoms with van der Waals surface area (Å²) < 4.78 is 26.2.